The minimum absolute atomic E-state index is 0.174. The summed E-state index contributed by atoms with van der Waals surface area (Å²) in [6.07, 6.45) is 5.80. The molecule has 0 radical (unpaired) electrons. The Morgan fingerprint density at radius 2 is 2.24 bits per heavy atom. The van der Waals surface area contributed by atoms with E-state index in [0.29, 0.717) is 11.7 Å². The maximum atomic E-state index is 12.4. The van der Waals surface area contributed by atoms with Crippen LogP contribution < -0.4 is 10.6 Å². The lowest BCUT2D eigenvalue weighted by Crippen LogP contribution is -2.38. The highest BCUT2D eigenvalue weighted by molar-refractivity contribution is 5.99. The number of hydrogen-bond acceptors (Lipinski definition) is 5. The van der Waals surface area contributed by atoms with Gasteiger partial charge in [0, 0.05) is 19.2 Å². The van der Waals surface area contributed by atoms with E-state index in [2.05, 4.69) is 15.6 Å². The van der Waals surface area contributed by atoms with E-state index in [9.17, 15) is 14.9 Å². The molecule has 1 aromatic rings. The van der Waals surface area contributed by atoms with Gasteiger partial charge in [0.05, 0.1) is 10.5 Å². The van der Waals surface area contributed by atoms with E-state index in [0.717, 1.165) is 18.5 Å². The van der Waals surface area contributed by atoms with Crippen molar-refractivity contribution in [2.75, 3.05) is 12.4 Å². The molecule has 2 saturated carbocycles. The fraction of sp³-hybridized carbons (Fsp3) is 0.571. The van der Waals surface area contributed by atoms with Gasteiger partial charge in [0.15, 0.2) is 0 Å². The Hall–Kier alpha value is -2.18. The normalized spacial score (nSPS) is 26.6. The summed E-state index contributed by atoms with van der Waals surface area (Å²) in [7, 11) is 1.64. The molecule has 1 heterocycles. The van der Waals surface area contributed by atoms with Gasteiger partial charge in [0.2, 0.25) is 0 Å². The van der Waals surface area contributed by atoms with Gasteiger partial charge in [-0.25, -0.2) is 4.98 Å². The molecule has 3 atom stereocenters. The van der Waals surface area contributed by atoms with Crippen molar-refractivity contribution in [1.29, 1.82) is 0 Å². The number of nitrogens with zero attached hydrogens (tertiary/aromatic N) is 2. The van der Waals surface area contributed by atoms with Gasteiger partial charge in [-0.3, -0.25) is 14.9 Å². The first kappa shape index (κ1) is 13.8. The molecule has 1 aromatic heterocycles. The molecule has 2 fully saturated rings. The number of nitrogens with one attached hydrogen (secondary N) is 2. The number of carbonyl (C=O) groups excluding carboxylic acids is 1. The van der Waals surface area contributed by atoms with Crippen LogP contribution in [0, 0.1) is 22.0 Å². The summed E-state index contributed by atoms with van der Waals surface area (Å²) >= 11 is 0. The van der Waals surface area contributed by atoms with Gasteiger partial charge in [0.1, 0.15) is 12.0 Å². The maximum absolute atomic E-state index is 12.4. The number of aromatic nitrogens is 1. The molecule has 21 heavy (non-hydrogen) atoms. The van der Waals surface area contributed by atoms with E-state index in [-0.39, 0.29) is 23.2 Å². The first-order valence-corrected chi connectivity index (χ1v) is 7.21. The number of carbonyl (C=O) groups is 1. The fourth-order valence-electron chi connectivity index (χ4n) is 3.59. The number of anilines is 1. The number of hydrogen-bond donors (Lipinski definition) is 2. The summed E-state index contributed by atoms with van der Waals surface area (Å²) in [5.74, 6) is 1.37. The Labute approximate surface area is 122 Å². The third kappa shape index (κ3) is 2.55. The predicted molar refractivity (Wildman–Crippen MR) is 77.1 cm³/mol. The van der Waals surface area contributed by atoms with E-state index in [1.54, 1.807) is 7.05 Å². The number of amides is 1. The molecule has 112 valence electrons. The van der Waals surface area contributed by atoms with E-state index in [1.807, 2.05) is 0 Å². The lowest BCUT2D eigenvalue weighted by Gasteiger charge is -2.23. The van der Waals surface area contributed by atoms with Crippen molar-refractivity contribution in [1.82, 2.24) is 10.3 Å². The van der Waals surface area contributed by atoms with Gasteiger partial charge < -0.3 is 10.6 Å². The molecule has 0 aliphatic heterocycles. The van der Waals surface area contributed by atoms with E-state index in [1.165, 1.54) is 25.3 Å². The summed E-state index contributed by atoms with van der Waals surface area (Å²) < 4.78 is 0. The van der Waals surface area contributed by atoms with Crippen molar-refractivity contribution >= 4 is 17.4 Å². The molecule has 0 saturated heterocycles. The Balaban J connectivity index is 1.79. The standard InChI is InChI=1S/C14H18N4O3/c1-15-13-11(6-10(7-16-13)18(20)21)14(19)17-12-5-8-2-3-9(12)4-8/h6-9,12H,2-5H2,1H3,(H,15,16)(H,17,19). The molecular formula is C14H18N4O3. The Kier molecular flexibility index (Phi) is 3.48. The van der Waals surface area contributed by atoms with Crippen LogP contribution in [0.4, 0.5) is 11.5 Å². The van der Waals surface area contributed by atoms with Crippen molar-refractivity contribution in [3.63, 3.8) is 0 Å². The Morgan fingerprint density at radius 1 is 1.43 bits per heavy atom. The summed E-state index contributed by atoms with van der Waals surface area (Å²) in [4.78, 5) is 26.7. The monoisotopic (exact) mass is 290 g/mol. The highest BCUT2D eigenvalue weighted by Gasteiger charge is 2.40. The van der Waals surface area contributed by atoms with Crippen LogP contribution in [0.2, 0.25) is 0 Å². The average Bonchev–Trinajstić information content (AvgIpc) is 3.08. The molecule has 7 heteroatoms. The topological polar surface area (TPSA) is 97.2 Å². The first-order valence-electron chi connectivity index (χ1n) is 7.21. The first-order chi connectivity index (χ1) is 10.1. The van der Waals surface area contributed by atoms with Crippen molar-refractivity contribution < 1.29 is 9.72 Å². The molecule has 0 aromatic carbocycles. The predicted octanol–water partition coefficient (Wildman–Crippen LogP) is 1.95. The number of fused-ring (bicyclic) bond motifs is 2. The largest absolute Gasteiger partial charge is 0.372 e. The molecule has 3 rings (SSSR count). The SMILES string of the molecule is CNc1ncc([N+](=O)[O-])cc1C(=O)NC1CC2CCC1C2. The number of rotatable bonds is 4. The quantitative estimate of drug-likeness (QED) is 0.652. The van der Waals surface area contributed by atoms with Crippen LogP contribution in [0.15, 0.2) is 12.3 Å². The van der Waals surface area contributed by atoms with Gasteiger partial charge >= 0.3 is 0 Å². The lowest BCUT2D eigenvalue weighted by atomic mass is 9.95. The second-order valence-corrected chi connectivity index (χ2v) is 5.85. The Bertz CT molecular complexity index is 590. The minimum Gasteiger partial charge on any atom is -0.372 e. The van der Waals surface area contributed by atoms with E-state index >= 15 is 0 Å². The molecule has 7 nitrogen and oxygen atoms in total. The molecule has 1 amide bonds. The molecule has 2 N–H and O–H groups in total. The van der Waals surface area contributed by atoms with Crippen molar-refractivity contribution in [3.8, 4) is 0 Å². The zero-order chi connectivity index (χ0) is 15.0. The van der Waals surface area contributed by atoms with Gasteiger partial charge in [-0.05, 0) is 31.1 Å². The molecule has 2 aliphatic carbocycles. The maximum Gasteiger partial charge on any atom is 0.288 e. The second-order valence-electron chi connectivity index (χ2n) is 5.85. The summed E-state index contributed by atoms with van der Waals surface area (Å²) in [5, 5.41) is 16.7. The van der Waals surface area contributed by atoms with Crippen LogP contribution in [-0.2, 0) is 0 Å². The van der Waals surface area contributed by atoms with Crippen LogP contribution in [0.5, 0.6) is 0 Å². The highest BCUT2D eigenvalue weighted by Crippen LogP contribution is 2.44. The smallest absolute Gasteiger partial charge is 0.288 e. The number of nitro groups is 1. The molecule has 3 unspecified atom stereocenters. The van der Waals surface area contributed by atoms with Crippen molar-refractivity contribution in [3.05, 3.63) is 27.9 Å². The Morgan fingerprint density at radius 3 is 2.81 bits per heavy atom. The number of pyridine rings is 1. The molecule has 0 spiro atoms. The summed E-state index contributed by atoms with van der Waals surface area (Å²) in [6.45, 7) is 0. The van der Waals surface area contributed by atoms with Crippen LogP contribution in [0.3, 0.4) is 0 Å². The zero-order valence-electron chi connectivity index (χ0n) is 11.8. The lowest BCUT2D eigenvalue weighted by molar-refractivity contribution is -0.385. The third-order valence-corrected chi connectivity index (χ3v) is 4.62. The highest BCUT2D eigenvalue weighted by atomic mass is 16.6. The third-order valence-electron chi connectivity index (χ3n) is 4.62. The van der Waals surface area contributed by atoms with Crippen molar-refractivity contribution in [2.24, 2.45) is 11.8 Å². The summed E-state index contributed by atoms with van der Waals surface area (Å²) in [6, 6.07) is 1.47. The second kappa shape index (κ2) is 5.31. The van der Waals surface area contributed by atoms with Crippen LogP contribution in [-0.4, -0.2) is 28.9 Å². The van der Waals surface area contributed by atoms with Gasteiger partial charge in [-0.1, -0.05) is 6.42 Å². The zero-order valence-corrected chi connectivity index (χ0v) is 11.8. The van der Waals surface area contributed by atoms with E-state index in [4.69, 9.17) is 0 Å². The fourth-order valence-corrected chi connectivity index (χ4v) is 3.59. The van der Waals surface area contributed by atoms with Gasteiger partial charge in [-0.2, -0.15) is 0 Å². The van der Waals surface area contributed by atoms with E-state index < -0.39 is 4.92 Å². The van der Waals surface area contributed by atoms with Crippen molar-refractivity contribution in [2.45, 2.75) is 31.7 Å². The molecule has 2 aliphatic rings. The summed E-state index contributed by atoms with van der Waals surface area (Å²) in [5.41, 5.74) is 0.0570. The minimum atomic E-state index is -0.541. The average molecular weight is 290 g/mol. The van der Waals surface area contributed by atoms with Crippen LogP contribution in [0.1, 0.15) is 36.0 Å². The van der Waals surface area contributed by atoms with Crippen LogP contribution >= 0.6 is 0 Å². The van der Waals surface area contributed by atoms with Gasteiger partial charge in [0.25, 0.3) is 11.6 Å². The molecule has 2 bridgehead atoms. The van der Waals surface area contributed by atoms with Gasteiger partial charge in [-0.15, -0.1) is 0 Å². The molecular weight excluding hydrogens is 272 g/mol. The van der Waals surface area contributed by atoms with Crippen LogP contribution in [0.25, 0.3) is 0 Å².